The summed E-state index contributed by atoms with van der Waals surface area (Å²) in [5, 5.41) is -1.22. The Morgan fingerprint density at radius 2 is 1.55 bits per heavy atom. The van der Waals surface area contributed by atoms with Crippen molar-refractivity contribution in [2.24, 2.45) is 4.99 Å². The molecule has 1 aromatic carbocycles. The number of benzene rings is 1. The van der Waals surface area contributed by atoms with E-state index in [-0.39, 0.29) is 31.2 Å². The van der Waals surface area contributed by atoms with Crippen LogP contribution in [0.2, 0.25) is 5.02 Å². The maximum atomic E-state index is 13.2. The van der Waals surface area contributed by atoms with Crippen LogP contribution in [0, 0.1) is 0 Å². The third-order valence-electron chi connectivity index (χ3n) is 3.79. The SMILES string of the molecule is CCOc1cc(C(F)(F)F)nc(=Nc2cc(C(F)(F)F)cc(C(F)(F)F)c2Cl)n1CC. The molecule has 14 heteroatoms. The number of ether oxygens (including phenoxy) is 1. The van der Waals surface area contributed by atoms with Crippen molar-refractivity contribution in [3.63, 3.8) is 0 Å². The van der Waals surface area contributed by atoms with Crippen LogP contribution in [0.4, 0.5) is 45.2 Å². The smallest absolute Gasteiger partial charge is 0.433 e. The van der Waals surface area contributed by atoms with E-state index in [1.54, 1.807) is 0 Å². The molecule has 2 rings (SSSR count). The lowest BCUT2D eigenvalue weighted by Crippen LogP contribution is -2.29. The van der Waals surface area contributed by atoms with Gasteiger partial charge in [0.25, 0.3) is 0 Å². The summed E-state index contributed by atoms with van der Waals surface area (Å²) in [4.78, 5) is 6.76. The average molecular weight is 482 g/mol. The maximum absolute atomic E-state index is 13.2. The molecule has 0 N–H and O–H groups in total. The second-order valence-corrected chi connectivity index (χ2v) is 6.30. The van der Waals surface area contributed by atoms with Gasteiger partial charge >= 0.3 is 18.5 Å². The molecule has 2 aromatic rings. The molecular weight excluding hydrogens is 469 g/mol. The van der Waals surface area contributed by atoms with E-state index in [0.717, 1.165) is 4.57 Å². The van der Waals surface area contributed by atoms with Gasteiger partial charge in [-0.1, -0.05) is 11.6 Å². The van der Waals surface area contributed by atoms with Crippen molar-refractivity contribution in [1.29, 1.82) is 0 Å². The largest absolute Gasteiger partial charge is 0.479 e. The van der Waals surface area contributed by atoms with E-state index < -0.39 is 51.7 Å². The van der Waals surface area contributed by atoms with Crippen LogP contribution in [0.15, 0.2) is 23.2 Å². The van der Waals surface area contributed by atoms with Crippen molar-refractivity contribution in [2.45, 2.75) is 38.9 Å². The lowest BCUT2D eigenvalue weighted by Gasteiger charge is -2.16. The molecule has 0 unspecified atom stereocenters. The zero-order valence-electron chi connectivity index (χ0n) is 15.7. The first-order valence-corrected chi connectivity index (χ1v) is 8.81. The highest BCUT2D eigenvalue weighted by Crippen LogP contribution is 2.43. The van der Waals surface area contributed by atoms with E-state index >= 15 is 0 Å². The number of aromatic nitrogens is 2. The highest BCUT2D eigenvalue weighted by Gasteiger charge is 2.39. The molecule has 0 aliphatic carbocycles. The van der Waals surface area contributed by atoms with Gasteiger partial charge in [0.05, 0.1) is 28.4 Å². The van der Waals surface area contributed by atoms with Crippen LogP contribution < -0.4 is 10.4 Å². The molecule has 31 heavy (non-hydrogen) atoms. The summed E-state index contributed by atoms with van der Waals surface area (Å²) in [5.41, 5.74) is -6.97. The summed E-state index contributed by atoms with van der Waals surface area (Å²) >= 11 is 5.62. The molecule has 0 saturated heterocycles. The summed E-state index contributed by atoms with van der Waals surface area (Å²) in [6.07, 6.45) is -15.5. The van der Waals surface area contributed by atoms with Crippen molar-refractivity contribution < 1.29 is 44.3 Å². The minimum absolute atomic E-state index is 0.0801. The van der Waals surface area contributed by atoms with E-state index in [0.29, 0.717) is 6.07 Å². The van der Waals surface area contributed by atoms with Gasteiger partial charge in [-0.25, -0.2) is 9.98 Å². The van der Waals surface area contributed by atoms with Gasteiger partial charge in [-0.2, -0.15) is 39.5 Å². The van der Waals surface area contributed by atoms with Crippen LogP contribution in [0.25, 0.3) is 0 Å². The fourth-order valence-corrected chi connectivity index (χ4v) is 2.72. The van der Waals surface area contributed by atoms with Crippen molar-refractivity contribution in [2.75, 3.05) is 6.61 Å². The highest BCUT2D eigenvalue weighted by atomic mass is 35.5. The van der Waals surface area contributed by atoms with Gasteiger partial charge in [-0.05, 0) is 26.0 Å². The Morgan fingerprint density at radius 3 is 2.00 bits per heavy atom. The Labute approximate surface area is 173 Å². The lowest BCUT2D eigenvalue weighted by molar-refractivity contribution is -0.143. The monoisotopic (exact) mass is 481 g/mol. The Hall–Kier alpha value is -2.44. The number of nitrogens with zero attached hydrogens (tertiary/aromatic N) is 3. The molecule has 0 radical (unpaired) electrons. The Balaban J connectivity index is 2.95. The van der Waals surface area contributed by atoms with Crippen molar-refractivity contribution >= 4 is 17.3 Å². The molecule has 0 fully saturated rings. The second-order valence-electron chi connectivity index (χ2n) is 5.92. The molecule has 0 bridgehead atoms. The molecule has 4 nitrogen and oxygen atoms in total. The second kappa shape index (κ2) is 8.60. The average Bonchev–Trinajstić information content (AvgIpc) is 2.60. The van der Waals surface area contributed by atoms with Crippen LogP contribution >= 0.6 is 11.6 Å². The molecule has 0 saturated carbocycles. The summed E-state index contributed by atoms with van der Waals surface area (Å²) < 4.78 is 124. The van der Waals surface area contributed by atoms with E-state index in [9.17, 15) is 39.5 Å². The number of hydrogen-bond acceptors (Lipinski definition) is 3. The molecule has 1 heterocycles. The van der Waals surface area contributed by atoms with Crippen LogP contribution in [-0.2, 0) is 25.1 Å². The molecule has 1 aromatic heterocycles. The summed E-state index contributed by atoms with van der Waals surface area (Å²) in [6.45, 7) is 2.71. The Morgan fingerprint density at radius 1 is 0.935 bits per heavy atom. The minimum Gasteiger partial charge on any atom is -0.479 e. The Kier molecular flexibility index (Phi) is 6.88. The third kappa shape index (κ3) is 5.63. The zero-order chi connectivity index (χ0) is 23.8. The molecule has 0 aliphatic rings. The van der Waals surface area contributed by atoms with Crippen LogP contribution in [-0.4, -0.2) is 16.2 Å². The van der Waals surface area contributed by atoms with Gasteiger partial charge in [0, 0.05) is 12.6 Å². The number of rotatable bonds is 4. The fourth-order valence-electron chi connectivity index (χ4n) is 2.46. The standard InChI is InChI=1S/C17H13ClF9N3O/c1-3-30-12(31-4-2)7-11(17(25,26)27)29-14(30)28-10-6-8(15(19,20)21)5-9(13(10)18)16(22,23)24/h5-7H,3-4H2,1-2H3. The van der Waals surface area contributed by atoms with E-state index in [4.69, 9.17) is 16.3 Å². The normalized spacial score (nSPS) is 13.6. The maximum Gasteiger partial charge on any atom is 0.433 e. The number of hydrogen-bond donors (Lipinski definition) is 0. The fraction of sp³-hybridized carbons (Fsp3) is 0.412. The van der Waals surface area contributed by atoms with Crippen molar-refractivity contribution in [3.8, 4) is 5.88 Å². The van der Waals surface area contributed by atoms with Crippen LogP contribution in [0.3, 0.4) is 0 Å². The summed E-state index contributed by atoms with van der Waals surface area (Å²) in [6, 6.07) is 0.529. The van der Waals surface area contributed by atoms with E-state index in [2.05, 4.69) is 9.98 Å². The van der Waals surface area contributed by atoms with Crippen LogP contribution in [0.1, 0.15) is 30.7 Å². The molecule has 0 atom stereocenters. The van der Waals surface area contributed by atoms with Crippen LogP contribution in [0.5, 0.6) is 5.88 Å². The first-order valence-electron chi connectivity index (χ1n) is 8.44. The first-order chi connectivity index (χ1) is 14.1. The molecule has 172 valence electrons. The minimum atomic E-state index is -5.28. The Bertz CT molecular complexity index is 1020. The zero-order valence-corrected chi connectivity index (χ0v) is 16.4. The van der Waals surface area contributed by atoms with Gasteiger partial charge in [0.2, 0.25) is 5.62 Å². The predicted octanol–water partition coefficient (Wildman–Crippen LogP) is 6.24. The summed E-state index contributed by atoms with van der Waals surface area (Å²) in [5.74, 6) is -0.384. The number of halogens is 10. The van der Waals surface area contributed by atoms with Gasteiger partial charge in [-0.3, -0.25) is 4.57 Å². The van der Waals surface area contributed by atoms with Gasteiger partial charge in [-0.15, -0.1) is 0 Å². The van der Waals surface area contributed by atoms with Gasteiger partial charge < -0.3 is 4.74 Å². The topological polar surface area (TPSA) is 39.4 Å². The van der Waals surface area contributed by atoms with Crippen molar-refractivity contribution in [3.05, 3.63) is 45.7 Å². The lowest BCUT2D eigenvalue weighted by atomic mass is 10.1. The highest BCUT2D eigenvalue weighted by molar-refractivity contribution is 6.33. The number of alkyl halides is 9. The molecule has 0 spiro atoms. The first kappa shape index (κ1) is 24.8. The molecular formula is C17H13ClF9N3O. The summed E-state index contributed by atoms with van der Waals surface area (Å²) in [7, 11) is 0. The third-order valence-corrected chi connectivity index (χ3v) is 4.19. The van der Waals surface area contributed by atoms with Crippen molar-refractivity contribution in [1.82, 2.24) is 9.55 Å². The molecule has 0 aliphatic heterocycles. The van der Waals surface area contributed by atoms with Gasteiger partial charge in [0.1, 0.15) is 0 Å². The molecule has 0 amide bonds. The predicted molar refractivity (Wildman–Crippen MR) is 90.8 cm³/mol. The quantitative estimate of drug-likeness (QED) is 0.485. The van der Waals surface area contributed by atoms with Gasteiger partial charge in [0.15, 0.2) is 11.6 Å². The van der Waals surface area contributed by atoms with E-state index in [1.165, 1.54) is 13.8 Å². The van der Waals surface area contributed by atoms with E-state index in [1.807, 2.05) is 0 Å².